The lowest BCUT2D eigenvalue weighted by Gasteiger charge is -2.19. The molecule has 0 aliphatic heterocycles. The fourth-order valence-corrected chi connectivity index (χ4v) is 8.28. The van der Waals surface area contributed by atoms with Gasteiger partial charge in [0.15, 0.2) is 0 Å². The molecule has 0 rings (SSSR count). The largest absolute Gasteiger partial charge is 0.466 e. The van der Waals surface area contributed by atoms with Crippen LogP contribution in [0.15, 0.2) is 0 Å². The van der Waals surface area contributed by atoms with Crippen molar-refractivity contribution < 1.29 is 28.6 Å². The zero-order valence-corrected chi connectivity index (χ0v) is 40.4. The van der Waals surface area contributed by atoms with Crippen LogP contribution >= 0.6 is 0 Å². The Balaban J connectivity index is 4.33. The summed E-state index contributed by atoms with van der Waals surface area (Å²) in [5, 5.41) is 0. The van der Waals surface area contributed by atoms with Crippen LogP contribution in [0.4, 0.5) is 0 Å². The molecule has 0 bridgehead atoms. The summed E-state index contributed by atoms with van der Waals surface area (Å²) < 4.78 is 17.3. The molecule has 7 nitrogen and oxygen atoms in total. The van der Waals surface area contributed by atoms with Crippen molar-refractivity contribution in [3.05, 3.63) is 0 Å². The Kier molecular flexibility index (Phi) is 43.2. The number of carbonyl (C=O) groups is 3. The quantitative estimate of drug-likeness (QED) is 0.0343. The van der Waals surface area contributed by atoms with Gasteiger partial charge in [0.05, 0.1) is 13.2 Å². The van der Waals surface area contributed by atoms with Crippen LogP contribution in [0.5, 0.6) is 0 Å². The van der Waals surface area contributed by atoms with Gasteiger partial charge in [0, 0.05) is 19.3 Å². The molecule has 1 atom stereocenters. The van der Waals surface area contributed by atoms with Crippen LogP contribution in [0, 0.1) is 11.8 Å². The Labute approximate surface area is 367 Å². The summed E-state index contributed by atoms with van der Waals surface area (Å²) >= 11 is 0. The van der Waals surface area contributed by atoms with Crippen LogP contribution in [0.1, 0.15) is 266 Å². The van der Waals surface area contributed by atoms with Crippen LogP contribution in [-0.4, -0.2) is 62.3 Å². The van der Waals surface area contributed by atoms with Crippen LogP contribution in [0.25, 0.3) is 0 Å². The molecule has 0 aliphatic carbocycles. The second kappa shape index (κ2) is 44.4. The average molecular weight is 836 g/mol. The first-order valence-electron chi connectivity index (χ1n) is 26.0. The molecule has 7 heteroatoms. The summed E-state index contributed by atoms with van der Waals surface area (Å²) in [6, 6.07) is 0. The molecule has 0 radical (unpaired) electrons. The van der Waals surface area contributed by atoms with Gasteiger partial charge in [-0.3, -0.25) is 14.4 Å². The molecular weight excluding hydrogens is 735 g/mol. The van der Waals surface area contributed by atoms with Gasteiger partial charge in [-0.25, -0.2) is 0 Å². The third-order valence-corrected chi connectivity index (χ3v) is 12.5. The lowest BCUT2D eigenvalue weighted by atomic mass is 9.92. The highest BCUT2D eigenvalue weighted by atomic mass is 16.5. The fraction of sp³-hybridized carbons (Fsp3) is 0.942. The minimum atomic E-state index is -0.0523. The normalized spacial score (nSPS) is 12.2. The molecule has 0 aromatic carbocycles. The number of ether oxygens (including phenoxy) is 3. The highest BCUT2D eigenvalue weighted by molar-refractivity contribution is 5.70. The zero-order valence-electron chi connectivity index (χ0n) is 40.4. The van der Waals surface area contributed by atoms with Gasteiger partial charge in [0.2, 0.25) is 0 Å². The number of rotatable bonds is 46. The van der Waals surface area contributed by atoms with Crippen molar-refractivity contribution in [2.45, 2.75) is 272 Å². The summed E-state index contributed by atoms with van der Waals surface area (Å²) in [4.78, 5) is 39.7. The molecule has 0 spiro atoms. The maximum Gasteiger partial charge on any atom is 0.306 e. The lowest BCUT2D eigenvalue weighted by Crippen LogP contribution is -2.22. The average Bonchev–Trinajstić information content (AvgIpc) is 3.22. The van der Waals surface area contributed by atoms with Gasteiger partial charge in [-0.2, -0.15) is 0 Å². The fourth-order valence-electron chi connectivity index (χ4n) is 8.28. The van der Waals surface area contributed by atoms with Crippen molar-refractivity contribution in [3.63, 3.8) is 0 Å². The maximum atomic E-state index is 12.7. The monoisotopic (exact) mass is 836 g/mol. The minimum absolute atomic E-state index is 0.00289. The molecule has 350 valence electrons. The zero-order chi connectivity index (χ0) is 43.4. The molecular formula is C52H101NO6. The molecule has 0 aliphatic rings. The molecule has 0 aromatic rings. The van der Waals surface area contributed by atoms with Gasteiger partial charge >= 0.3 is 17.9 Å². The SMILES string of the molecule is CCCCCC(CCCCC)CCOC(=O)CCCCCCCCCC(CCCCCCCC(=O)OCCC(CCCCC)CCCCC)OC(=O)CCCN(C)CC. The molecule has 59 heavy (non-hydrogen) atoms. The lowest BCUT2D eigenvalue weighted by molar-refractivity contribution is -0.150. The summed E-state index contributed by atoms with van der Waals surface area (Å²) in [5.74, 6) is 1.29. The van der Waals surface area contributed by atoms with Crippen molar-refractivity contribution >= 4 is 17.9 Å². The van der Waals surface area contributed by atoms with Crippen LogP contribution in [-0.2, 0) is 28.6 Å². The van der Waals surface area contributed by atoms with Gasteiger partial charge in [-0.1, -0.05) is 189 Å². The topological polar surface area (TPSA) is 82.1 Å². The van der Waals surface area contributed by atoms with E-state index >= 15 is 0 Å². The first kappa shape index (κ1) is 57.4. The van der Waals surface area contributed by atoms with E-state index in [2.05, 4.69) is 46.6 Å². The first-order valence-corrected chi connectivity index (χ1v) is 26.0. The third kappa shape index (κ3) is 40.2. The van der Waals surface area contributed by atoms with Crippen molar-refractivity contribution in [1.29, 1.82) is 0 Å². The third-order valence-electron chi connectivity index (χ3n) is 12.5. The summed E-state index contributed by atoms with van der Waals surface area (Å²) in [5.41, 5.74) is 0. The van der Waals surface area contributed by atoms with Crippen LogP contribution in [0.3, 0.4) is 0 Å². The Hall–Kier alpha value is -1.63. The Morgan fingerprint density at radius 3 is 1.10 bits per heavy atom. The Morgan fingerprint density at radius 1 is 0.390 bits per heavy atom. The molecule has 0 aromatic heterocycles. The van der Waals surface area contributed by atoms with E-state index in [0.29, 0.717) is 44.3 Å². The number of unbranched alkanes of at least 4 members (excludes halogenated alkanes) is 18. The van der Waals surface area contributed by atoms with Gasteiger partial charge in [-0.15, -0.1) is 0 Å². The van der Waals surface area contributed by atoms with E-state index in [1.54, 1.807) is 0 Å². The molecule has 0 fully saturated rings. The molecule has 0 N–H and O–H groups in total. The molecule has 0 heterocycles. The van der Waals surface area contributed by atoms with Gasteiger partial charge in [-0.05, 0) is 89.8 Å². The van der Waals surface area contributed by atoms with E-state index < -0.39 is 0 Å². The second-order valence-electron chi connectivity index (χ2n) is 18.2. The minimum Gasteiger partial charge on any atom is -0.466 e. The van der Waals surface area contributed by atoms with Gasteiger partial charge < -0.3 is 19.1 Å². The molecule has 0 amide bonds. The van der Waals surface area contributed by atoms with E-state index in [-0.39, 0.29) is 24.0 Å². The van der Waals surface area contributed by atoms with E-state index in [1.165, 1.54) is 116 Å². The van der Waals surface area contributed by atoms with Crippen molar-refractivity contribution in [3.8, 4) is 0 Å². The number of esters is 3. The summed E-state index contributed by atoms with van der Waals surface area (Å²) in [6.07, 6.45) is 39.8. The summed E-state index contributed by atoms with van der Waals surface area (Å²) in [6.45, 7) is 14.2. The predicted molar refractivity (Wildman–Crippen MR) is 251 cm³/mol. The molecule has 1 unspecified atom stereocenters. The van der Waals surface area contributed by atoms with E-state index in [1.807, 2.05) is 0 Å². The van der Waals surface area contributed by atoms with Crippen LogP contribution < -0.4 is 0 Å². The molecule has 0 saturated heterocycles. The molecule has 0 saturated carbocycles. The maximum absolute atomic E-state index is 12.7. The Bertz CT molecular complexity index is 907. The van der Waals surface area contributed by atoms with E-state index in [0.717, 1.165) is 109 Å². The van der Waals surface area contributed by atoms with E-state index in [9.17, 15) is 14.4 Å². The standard InChI is InChI=1S/C52H101NO6/c1-7-12-24-33-47(34-25-13-8-2)42-45-57-50(54)39-30-22-18-16-17-20-28-37-49(59-52(56)41-32-44-53(6)11-5)38-29-21-19-23-31-40-51(55)58-46-43-48(35-26-14-9-3)36-27-15-10-4/h47-49H,7-46H2,1-6H3. The predicted octanol–water partition coefficient (Wildman–Crippen LogP) is 15.3. The number of hydrogen-bond acceptors (Lipinski definition) is 7. The Morgan fingerprint density at radius 2 is 0.729 bits per heavy atom. The van der Waals surface area contributed by atoms with Crippen molar-refractivity contribution in [2.24, 2.45) is 11.8 Å². The first-order chi connectivity index (χ1) is 28.8. The smallest absolute Gasteiger partial charge is 0.306 e. The summed E-state index contributed by atoms with van der Waals surface area (Å²) in [7, 11) is 2.09. The number of nitrogens with zero attached hydrogens (tertiary/aromatic N) is 1. The highest BCUT2D eigenvalue weighted by Gasteiger charge is 2.16. The van der Waals surface area contributed by atoms with E-state index in [4.69, 9.17) is 14.2 Å². The van der Waals surface area contributed by atoms with Crippen molar-refractivity contribution in [1.82, 2.24) is 4.90 Å². The highest BCUT2D eigenvalue weighted by Crippen LogP contribution is 2.23. The van der Waals surface area contributed by atoms with Gasteiger partial charge in [0.1, 0.15) is 6.10 Å². The van der Waals surface area contributed by atoms with Crippen molar-refractivity contribution in [2.75, 3.05) is 33.4 Å². The van der Waals surface area contributed by atoms with Crippen LogP contribution in [0.2, 0.25) is 0 Å². The number of carbonyl (C=O) groups excluding carboxylic acids is 3. The number of hydrogen-bond donors (Lipinski definition) is 0. The van der Waals surface area contributed by atoms with Gasteiger partial charge in [0.25, 0.3) is 0 Å². The second-order valence-corrected chi connectivity index (χ2v) is 18.2.